The number of likely N-dealkylation sites (N-methyl/N-ethyl adjacent to an activating group) is 1. The molecular weight excluding hydrogens is 250 g/mol. The monoisotopic (exact) mass is 283 g/mol. The number of nitrogens with one attached hydrogen (secondary N) is 1. The number of carbonyl (C=O) groups excluding carboxylic acids is 1. The minimum Gasteiger partial charge on any atom is -0.368 e. The molecule has 1 aliphatic rings. The zero-order chi connectivity index (χ0) is 15.2. The van der Waals surface area contributed by atoms with Gasteiger partial charge in [-0.1, -0.05) is 13.8 Å². The molecule has 118 valence electrons. The summed E-state index contributed by atoms with van der Waals surface area (Å²) in [5, 5.41) is 3.06. The van der Waals surface area contributed by atoms with Gasteiger partial charge in [-0.05, 0) is 77.5 Å². The Balaban J connectivity index is 2.34. The molecule has 1 rings (SSSR count). The molecule has 4 nitrogen and oxygen atoms in total. The molecule has 1 saturated heterocycles. The van der Waals surface area contributed by atoms with Crippen molar-refractivity contribution in [1.29, 1.82) is 0 Å². The molecule has 0 aliphatic carbocycles. The van der Waals surface area contributed by atoms with Crippen LogP contribution < -0.4 is 11.1 Å². The van der Waals surface area contributed by atoms with E-state index in [9.17, 15) is 4.79 Å². The van der Waals surface area contributed by atoms with Gasteiger partial charge >= 0.3 is 0 Å². The predicted octanol–water partition coefficient (Wildman–Crippen LogP) is 1.99. The fourth-order valence-electron chi connectivity index (χ4n) is 3.10. The Kier molecular flexibility index (Phi) is 6.96. The Labute approximate surface area is 124 Å². The minimum absolute atomic E-state index is 0.254. The van der Waals surface area contributed by atoms with Crippen LogP contribution in [0.1, 0.15) is 52.9 Å². The number of carbonyl (C=O) groups is 1. The molecule has 0 aromatic carbocycles. The van der Waals surface area contributed by atoms with Gasteiger partial charge in [-0.2, -0.15) is 0 Å². The van der Waals surface area contributed by atoms with Crippen molar-refractivity contribution in [1.82, 2.24) is 10.2 Å². The van der Waals surface area contributed by atoms with E-state index in [1.807, 2.05) is 14.0 Å². The fraction of sp³-hybridized carbons (Fsp3) is 0.938. The SMILES string of the molecule is CNC(C)(CCCN1CCCC(C(C)C)CC1)C(N)=O. The van der Waals surface area contributed by atoms with E-state index in [2.05, 4.69) is 24.1 Å². The molecule has 0 radical (unpaired) electrons. The first-order chi connectivity index (χ1) is 9.39. The standard InChI is InChI=1S/C16H33N3O/c1-13(2)14-7-5-10-19(12-8-14)11-6-9-16(3,18-4)15(17)20/h13-14,18H,5-12H2,1-4H3,(H2,17,20). The van der Waals surface area contributed by atoms with Crippen LogP contribution in [0.5, 0.6) is 0 Å². The van der Waals surface area contributed by atoms with Gasteiger partial charge in [0.2, 0.25) is 5.91 Å². The molecule has 2 atom stereocenters. The fourth-order valence-corrected chi connectivity index (χ4v) is 3.10. The molecule has 0 aromatic heterocycles. The van der Waals surface area contributed by atoms with E-state index in [1.165, 1.54) is 32.4 Å². The number of primary amides is 1. The maximum atomic E-state index is 11.5. The Morgan fingerprint density at radius 2 is 2.10 bits per heavy atom. The topological polar surface area (TPSA) is 58.4 Å². The largest absolute Gasteiger partial charge is 0.368 e. The maximum Gasteiger partial charge on any atom is 0.237 e. The van der Waals surface area contributed by atoms with Gasteiger partial charge in [-0.15, -0.1) is 0 Å². The predicted molar refractivity (Wildman–Crippen MR) is 84.5 cm³/mol. The first-order valence-electron chi connectivity index (χ1n) is 8.10. The van der Waals surface area contributed by atoms with Gasteiger partial charge < -0.3 is 16.0 Å². The normalized spacial score (nSPS) is 24.4. The van der Waals surface area contributed by atoms with Crippen LogP contribution in [-0.2, 0) is 4.79 Å². The van der Waals surface area contributed by atoms with Crippen molar-refractivity contribution >= 4 is 5.91 Å². The lowest BCUT2D eigenvalue weighted by molar-refractivity contribution is -0.123. The van der Waals surface area contributed by atoms with Gasteiger partial charge in [-0.25, -0.2) is 0 Å². The minimum atomic E-state index is -0.563. The van der Waals surface area contributed by atoms with Gasteiger partial charge in [0, 0.05) is 0 Å². The number of amides is 1. The summed E-state index contributed by atoms with van der Waals surface area (Å²) in [6, 6.07) is 0. The number of nitrogens with two attached hydrogens (primary N) is 1. The third-order valence-electron chi connectivity index (χ3n) is 5.05. The third-order valence-corrected chi connectivity index (χ3v) is 5.05. The second-order valence-electron chi connectivity index (χ2n) is 6.83. The highest BCUT2D eigenvalue weighted by atomic mass is 16.1. The second kappa shape index (κ2) is 7.99. The molecule has 0 aromatic rings. The highest BCUT2D eigenvalue weighted by Crippen LogP contribution is 2.24. The zero-order valence-corrected chi connectivity index (χ0v) is 13.7. The summed E-state index contributed by atoms with van der Waals surface area (Å²) in [5.74, 6) is 1.43. The molecule has 1 heterocycles. The van der Waals surface area contributed by atoms with Crippen LogP contribution in [0.15, 0.2) is 0 Å². The van der Waals surface area contributed by atoms with Gasteiger partial charge in [0.05, 0.1) is 5.54 Å². The molecule has 2 unspecified atom stereocenters. The van der Waals surface area contributed by atoms with Gasteiger partial charge in [-0.3, -0.25) is 4.79 Å². The quantitative estimate of drug-likeness (QED) is 0.751. The van der Waals surface area contributed by atoms with Crippen LogP contribution in [-0.4, -0.2) is 43.0 Å². The van der Waals surface area contributed by atoms with Crippen LogP contribution in [0.25, 0.3) is 0 Å². The zero-order valence-electron chi connectivity index (χ0n) is 13.7. The van der Waals surface area contributed by atoms with Crippen LogP contribution in [0.3, 0.4) is 0 Å². The average molecular weight is 283 g/mol. The van der Waals surface area contributed by atoms with E-state index in [0.29, 0.717) is 0 Å². The summed E-state index contributed by atoms with van der Waals surface area (Å²) in [4.78, 5) is 14.0. The Morgan fingerprint density at radius 3 is 2.65 bits per heavy atom. The Hall–Kier alpha value is -0.610. The van der Waals surface area contributed by atoms with Gasteiger partial charge in [0.15, 0.2) is 0 Å². The third kappa shape index (κ3) is 5.06. The van der Waals surface area contributed by atoms with Crippen molar-refractivity contribution in [3.05, 3.63) is 0 Å². The van der Waals surface area contributed by atoms with Crippen molar-refractivity contribution in [2.24, 2.45) is 17.6 Å². The first kappa shape index (κ1) is 17.4. The lowest BCUT2D eigenvalue weighted by atomic mass is 9.89. The maximum absolute atomic E-state index is 11.5. The molecule has 4 heteroatoms. The van der Waals surface area contributed by atoms with Gasteiger partial charge in [0.1, 0.15) is 0 Å². The molecule has 3 N–H and O–H groups in total. The van der Waals surface area contributed by atoms with Crippen molar-refractivity contribution in [2.45, 2.75) is 58.4 Å². The summed E-state index contributed by atoms with van der Waals surface area (Å²) in [6.07, 6.45) is 5.82. The summed E-state index contributed by atoms with van der Waals surface area (Å²) >= 11 is 0. The number of nitrogens with zero attached hydrogens (tertiary/aromatic N) is 1. The summed E-state index contributed by atoms with van der Waals surface area (Å²) in [7, 11) is 1.81. The lowest BCUT2D eigenvalue weighted by Crippen LogP contribution is -2.51. The highest BCUT2D eigenvalue weighted by molar-refractivity contribution is 5.84. The smallest absolute Gasteiger partial charge is 0.237 e. The van der Waals surface area contributed by atoms with Gasteiger partial charge in [0.25, 0.3) is 0 Å². The van der Waals surface area contributed by atoms with E-state index in [1.54, 1.807) is 0 Å². The number of rotatable bonds is 7. The van der Waals surface area contributed by atoms with E-state index in [4.69, 9.17) is 5.73 Å². The van der Waals surface area contributed by atoms with Crippen molar-refractivity contribution in [2.75, 3.05) is 26.7 Å². The Morgan fingerprint density at radius 1 is 1.40 bits per heavy atom. The molecule has 0 saturated carbocycles. The van der Waals surface area contributed by atoms with Crippen LogP contribution >= 0.6 is 0 Å². The Bertz CT molecular complexity index is 306. The number of hydrogen-bond donors (Lipinski definition) is 2. The molecule has 1 fully saturated rings. The average Bonchev–Trinajstić information content (AvgIpc) is 2.64. The summed E-state index contributed by atoms with van der Waals surface area (Å²) in [5.41, 5.74) is 4.90. The lowest BCUT2D eigenvalue weighted by Gasteiger charge is -2.27. The van der Waals surface area contributed by atoms with Crippen molar-refractivity contribution in [3.63, 3.8) is 0 Å². The van der Waals surface area contributed by atoms with E-state index >= 15 is 0 Å². The van der Waals surface area contributed by atoms with E-state index < -0.39 is 5.54 Å². The molecule has 0 bridgehead atoms. The summed E-state index contributed by atoms with van der Waals surface area (Å²) < 4.78 is 0. The molecular formula is C16H33N3O. The summed E-state index contributed by atoms with van der Waals surface area (Å²) in [6.45, 7) is 10.1. The van der Waals surface area contributed by atoms with E-state index in [0.717, 1.165) is 31.2 Å². The number of likely N-dealkylation sites (tertiary alicyclic amines) is 1. The molecule has 1 aliphatic heterocycles. The second-order valence-corrected chi connectivity index (χ2v) is 6.83. The van der Waals surface area contributed by atoms with Crippen LogP contribution in [0.2, 0.25) is 0 Å². The molecule has 20 heavy (non-hydrogen) atoms. The van der Waals surface area contributed by atoms with Crippen molar-refractivity contribution < 1.29 is 4.79 Å². The number of hydrogen-bond acceptors (Lipinski definition) is 3. The molecule has 1 amide bonds. The highest BCUT2D eigenvalue weighted by Gasteiger charge is 2.28. The van der Waals surface area contributed by atoms with Crippen LogP contribution in [0, 0.1) is 11.8 Å². The van der Waals surface area contributed by atoms with Crippen molar-refractivity contribution in [3.8, 4) is 0 Å². The van der Waals surface area contributed by atoms with Crippen LogP contribution in [0.4, 0.5) is 0 Å². The molecule has 0 spiro atoms. The first-order valence-corrected chi connectivity index (χ1v) is 8.10. The van der Waals surface area contributed by atoms with E-state index in [-0.39, 0.29) is 5.91 Å².